The number of ether oxygens (including phenoxy) is 5. The molecule has 6 amide bonds. The number of amides is 6. The van der Waals surface area contributed by atoms with Crippen molar-refractivity contribution in [3.8, 4) is 0 Å². The number of hydrogen-bond donors (Lipinski definition) is 8. The molecule has 0 radical (unpaired) electrons. The van der Waals surface area contributed by atoms with Gasteiger partial charge in [-0.15, -0.1) is 0 Å². The molecule has 0 fully saturated rings. The maximum atomic E-state index is 11.4. The Morgan fingerprint density at radius 3 is 0.663 bits per heavy atom. The first-order valence-electron chi connectivity index (χ1n) is 33.4. The number of hydrogen-bond acceptors (Lipinski definition) is 20. The number of methoxy groups -OCH3 is 5. The quantitative estimate of drug-likeness (QED) is 0.00728. The van der Waals surface area contributed by atoms with Crippen LogP contribution in [0.1, 0.15) is 104 Å². The van der Waals surface area contributed by atoms with E-state index < -0.39 is 68.4 Å². The van der Waals surface area contributed by atoms with Gasteiger partial charge in [0.2, 0.25) is 35.4 Å². The van der Waals surface area contributed by atoms with Crippen molar-refractivity contribution in [1.82, 2.24) is 31.9 Å². The first-order chi connectivity index (χ1) is 49.2. The van der Waals surface area contributed by atoms with E-state index in [0.717, 1.165) is 47.5 Å². The molecule has 5 unspecified atom stereocenters. The molecule has 0 saturated heterocycles. The van der Waals surface area contributed by atoms with Crippen LogP contribution in [-0.2, 0) is 113 Å². The molecule has 0 aliphatic rings. The number of nitrogens with two attached hydrogens (primary N) is 1. The number of aliphatic hydroxyl groups excluding tert-OH is 1. The second-order valence-corrected chi connectivity index (χ2v) is 26.7. The zero-order valence-corrected chi connectivity index (χ0v) is 65.2. The summed E-state index contributed by atoms with van der Waals surface area (Å²) in [5.41, 5.74) is 17.3. The zero-order valence-electron chi connectivity index (χ0n) is 64.2. The van der Waals surface area contributed by atoms with Gasteiger partial charge in [-0.05, 0) is 80.3 Å². The van der Waals surface area contributed by atoms with Crippen molar-refractivity contribution in [3.63, 3.8) is 0 Å². The molecule has 0 aliphatic heterocycles. The van der Waals surface area contributed by atoms with E-state index in [1.54, 1.807) is 13.8 Å². The predicted molar refractivity (Wildman–Crippen MR) is 405 cm³/mol. The highest BCUT2D eigenvalue weighted by atomic mass is 28.4. The Morgan fingerprint density at radius 2 is 0.587 bits per heavy atom. The molecule has 104 heavy (non-hydrogen) atoms. The smallest absolute Gasteiger partial charge is 0.328 e. The molecule has 0 aromatic heterocycles. The van der Waals surface area contributed by atoms with Crippen molar-refractivity contribution in [2.45, 2.75) is 158 Å². The number of carbonyl (C=O) groups excluding carboxylic acids is 11. The normalized spacial score (nSPS) is 10.8. The fourth-order valence-corrected chi connectivity index (χ4v) is 8.76. The number of nitrogens with zero attached hydrogens (tertiary/aromatic N) is 3. The van der Waals surface area contributed by atoms with E-state index >= 15 is 0 Å². The average Bonchev–Trinajstić information content (AvgIpc) is 0.930. The van der Waals surface area contributed by atoms with Crippen LogP contribution in [0.15, 0.2) is 157 Å². The molecule has 5 rings (SSSR count). The van der Waals surface area contributed by atoms with Crippen LogP contribution >= 0.6 is 0 Å². The summed E-state index contributed by atoms with van der Waals surface area (Å²) in [6.07, 6.45) is 2.19. The molecule has 28 nitrogen and oxygen atoms in total. The van der Waals surface area contributed by atoms with Gasteiger partial charge in [-0.2, -0.15) is 0 Å². The number of carbonyl (C=O) groups is 11. The lowest BCUT2D eigenvalue weighted by atomic mass is 10.1. The van der Waals surface area contributed by atoms with Crippen LogP contribution in [-0.4, -0.2) is 177 Å². The van der Waals surface area contributed by atoms with Crippen molar-refractivity contribution < 1.29 is 86.0 Å². The van der Waals surface area contributed by atoms with Gasteiger partial charge in [0.25, 0.3) is 0 Å². The minimum absolute atomic E-state index is 0.0394. The van der Waals surface area contributed by atoms with Gasteiger partial charge in [-0.25, -0.2) is 24.0 Å². The topological polar surface area (TPSA) is 410 Å². The van der Waals surface area contributed by atoms with Crippen molar-refractivity contribution in [2.75, 3.05) is 68.4 Å². The number of rotatable bonds is 24. The van der Waals surface area contributed by atoms with Crippen LogP contribution in [0.3, 0.4) is 0 Å². The maximum absolute atomic E-state index is 11.4. The molecule has 5 aromatic carbocycles. The second-order valence-electron chi connectivity index (χ2n) is 22.2. The Bertz CT molecular complexity index is 2740. The van der Waals surface area contributed by atoms with E-state index in [1.165, 1.54) is 77.1 Å². The van der Waals surface area contributed by atoms with E-state index in [4.69, 9.17) is 20.8 Å². The fraction of sp³-hybridized carbons (Fsp3) is 0.453. The molecule has 9 N–H and O–H groups in total. The van der Waals surface area contributed by atoms with Gasteiger partial charge in [0, 0.05) is 105 Å². The van der Waals surface area contributed by atoms with Crippen LogP contribution in [0.4, 0.5) is 0 Å². The summed E-state index contributed by atoms with van der Waals surface area (Å²) < 4.78 is 28.5. The van der Waals surface area contributed by atoms with Crippen molar-refractivity contribution in [1.29, 1.82) is 0 Å². The Hall–Kier alpha value is -10.3. The van der Waals surface area contributed by atoms with Gasteiger partial charge in [0.1, 0.15) is 30.2 Å². The van der Waals surface area contributed by atoms with E-state index in [-0.39, 0.29) is 42.0 Å². The third kappa shape index (κ3) is 63.8. The lowest BCUT2D eigenvalue weighted by Crippen LogP contribution is -2.41. The SMILES string of the molecule is CCN.CCN=[N+]=[N-].CCNC(C)=O.CCO.CCO[Si](C)(C)C.COC(=O)C(Cc1ccccc1)NC(C)=O.COC(=O)C(Cc1ccccc1)NC(C)=O.COC(=O)C(Cc1ccccc1)NC(C)=O.COC(=O)C(Cc1ccccc1)NC(C)=O.COC(=O)C(Cc1ccccc1)NC(C)=O. The molecule has 0 heterocycles. The molecule has 578 valence electrons. The van der Waals surface area contributed by atoms with E-state index in [1.807, 2.05) is 172 Å². The summed E-state index contributed by atoms with van der Waals surface area (Å²) in [5.74, 6) is -3.34. The molecule has 5 atom stereocenters. The number of aliphatic hydroxyl groups is 1. The molecular formula is C75H116N10O18Si. The molecule has 0 saturated carbocycles. The minimum Gasteiger partial charge on any atom is -0.467 e. The average molecular weight is 1470 g/mol. The van der Waals surface area contributed by atoms with Crippen molar-refractivity contribution in [3.05, 3.63) is 190 Å². The van der Waals surface area contributed by atoms with Gasteiger partial charge in [0.05, 0.1) is 35.5 Å². The van der Waals surface area contributed by atoms with Gasteiger partial charge in [-0.1, -0.05) is 171 Å². The highest BCUT2D eigenvalue weighted by molar-refractivity contribution is 6.69. The van der Waals surface area contributed by atoms with Crippen LogP contribution < -0.4 is 37.6 Å². The summed E-state index contributed by atoms with van der Waals surface area (Å²) in [5, 5.41) is 26.1. The first-order valence-corrected chi connectivity index (χ1v) is 36.8. The summed E-state index contributed by atoms with van der Waals surface area (Å²) in [4.78, 5) is 124. The Balaban J connectivity index is -0.000000364. The molecule has 5 aromatic rings. The molecular weight excluding hydrogens is 1360 g/mol. The lowest BCUT2D eigenvalue weighted by molar-refractivity contribution is -0.145. The second kappa shape index (κ2) is 67.2. The monoisotopic (exact) mass is 1470 g/mol. The molecule has 0 spiro atoms. The fourth-order valence-electron chi connectivity index (χ4n) is 7.90. The summed E-state index contributed by atoms with van der Waals surface area (Å²) in [7, 11) is 5.38. The van der Waals surface area contributed by atoms with Gasteiger partial charge in [0.15, 0.2) is 8.32 Å². The van der Waals surface area contributed by atoms with Crippen molar-refractivity contribution in [2.24, 2.45) is 10.8 Å². The number of azide groups is 1. The summed E-state index contributed by atoms with van der Waals surface area (Å²) in [6.45, 7) is 27.4. The molecule has 0 aliphatic carbocycles. The van der Waals surface area contributed by atoms with E-state index in [2.05, 4.69) is 85.3 Å². The zero-order chi connectivity index (χ0) is 80.3. The predicted octanol–water partition coefficient (Wildman–Crippen LogP) is 7.81. The van der Waals surface area contributed by atoms with Crippen LogP contribution in [0.5, 0.6) is 0 Å². The van der Waals surface area contributed by atoms with E-state index in [0.29, 0.717) is 38.6 Å². The highest BCUT2D eigenvalue weighted by Crippen LogP contribution is 2.09. The standard InChI is InChI=1S/5C12H15NO3.C5H14OSi.C4H9NO.C2H5N3.C2H7N.C2H6O/c5*1-9(14)13-11(12(15)16-2)8-10-6-4-3-5-7-10;1-5-6-7(2,3)4;1-3-5-4(2)6;1-2-4-5-3;2*1-2-3/h5*3-7,11H,8H2,1-2H3,(H,13,14);5H2,1-4H3;3H2,1-2H3,(H,5,6);2H2,1H3;2-3H2,1H3;3H,2H2,1H3. The third-order valence-electron chi connectivity index (χ3n) is 11.9. The third-order valence-corrected chi connectivity index (χ3v) is 13.1. The van der Waals surface area contributed by atoms with Gasteiger partial charge in [-0.3, -0.25) is 28.8 Å². The summed E-state index contributed by atoms with van der Waals surface area (Å²) in [6, 6.07) is 44.3. The van der Waals surface area contributed by atoms with Crippen molar-refractivity contribution >= 4 is 73.6 Å². The van der Waals surface area contributed by atoms with Crippen LogP contribution in [0.2, 0.25) is 19.6 Å². The largest absolute Gasteiger partial charge is 0.467 e. The number of benzene rings is 5. The number of nitrogens with one attached hydrogen (secondary N) is 6. The first kappa shape index (κ1) is 102. The Labute approximate surface area is 616 Å². The lowest BCUT2D eigenvalue weighted by Gasteiger charge is -2.15. The Morgan fingerprint density at radius 1 is 0.404 bits per heavy atom. The highest BCUT2D eigenvalue weighted by Gasteiger charge is 2.24. The van der Waals surface area contributed by atoms with Crippen LogP contribution in [0, 0.1) is 0 Å². The Kier molecular flexibility index (Phi) is 66.1. The summed E-state index contributed by atoms with van der Waals surface area (Å²) >= 11 is 0. The minimum atomic E-state index is -1.16. The van der Waals surface area contributed by atoms with Gasteiger partial charge >= 0.3 is 29.8 Å². The maximum Gasteiger partial charge on any atom is 0.328 e. The van der Waals surface area contributed by atoms with Crippen LogP contribution in [0.25, 0.3) is 10.4 Å². The number of esters is 5. The van der Waals surface area contributed by atoms with E-state index in [9.17, 15) is 52.7 Å². The van der Waals surface area contributed by atoms with Gasteiger partial charge < -0.3 is 70.9 Å². The molecule has 0 bridgehead atoms. The molecule has 29 heteroatoms.